The summed E-state index contributed by atoms with van der Waals surface area (Å²) in [6.45, 7) is 0.815. The zero-order valence-corrected chi connectivity index (χ0v) is 15.5. The number of hydrogen-bond donors (Lipinski definition) is 0. The molecule has 1 saturated carbocycles. The molecule has 1 amide bonds. The molecular weight excluding hydrogens is 367 g/mol. The molecule has 0 N–H and O–H groups in total. The fourth-order valence-electron chi connectivity index (χ4n) is 3.26. The maximum atomic E-state index is 13.5. The number of amides is 1. The molecule has 0 aromatic heterocycles. The first-order valence-corrected chi connectivity index (χ1v) is 9.48. The van der Waals surface area contributed by atoms with Crippen LogP contribution < -0.4 is 0 Å². The summed E-state index contributed by atoms with van der Waals surface area (Å²) in [6.07, 6.45) is 2.28. The van der Waals surface area contributed by atoms with Crippen molar-refractivity contribution in [1.29, 1.82) is 0 Å². The van der Waals surface area contributed by atoms with E-state index in [9.17, 15) is 9.18 Å². The van der Waals surface area contributed by atoms with E-state index in [2.05, 4.69) is 5.16 Å². The molecule has 6 heteroatoms. The molecule has 140 valence electrons. The Morgan fingerprint density at radius 1 is 1.22 bits per heavy atom. The van der Waals surface area contributed by atoms with E-state index in [1.165, 1.54) is 12.1 Å². The topological polar surface area (TPSA) is 41.9 Å². The Morgan fingerprint density at radius 2 is 2.00 bits per heavy atom. The van der Waals surface area contributed by atoms with Crippen LogP contribution in [0.5, 0.6) is 0 Å². The van der Waals surface area contributed by atoms with E-state index < -0.39 is 0 Å². The summed E-state index contributed by atoms with van der Waals surface area (Å²) in [5.74, 6) is -0.0868. The predicted octanol–water partition coefficient (Wildman–Crippen LogP) is 4.41. The first kappa shape index (κ1) is 18.0. The molecule has 1 aliphatic carbocycles. The quantitative estimate of drug-likeness (QED) is 0.737. The number of nitrogens with zero attached hydrogens (tertiary/aromatic N) is 2. The van der Waals surface area contributed by atoms with Crippen molar-refractivity contribution in [2.45, 2.75) is 31.9 Å². The second-order valence-corrected chi connectivity index (χ2v) is 7.54. The van der Waals surface area contributed by atoms with Gasteiger partial charge in [0.25, 0.3) is 0 Å². The summed E-state index contributed by atoms with van der Waals surface area (Å²) in [7, 11) is 0. The van der Waals surface area contributed by atoms with Gasteiger partial charge in [-0.05, 0) is 48.2 Å². The van der Waals surface area contributed by atoms with Crippen molar-refractivity contribution in [3.05, 3.63) is 70.5 Å². The average Bonchev–Trinajstić information content (AvgIpc) is 3.40. The van der Waals surface area contributed by atoms with E-state index in [1.807, 2.05) is 30.3 Å². The van der Waals surface area contributed by atoms with E-state index in [0.29, 0.717) is 24.5 Å². The van der Waals surface area contributed by atoms with Crippen LogP contribution in [0.1, 0.15) is 30.4 Å². The summed E-state index contributed by atoms with van der Waals surface area (Å²) < 4.78 is 13.5. The van der Waals surface area contributed by atoms with Crippen LogP contribution in [0.4, 0.5) is 4.39 Å². The molecule has 27 heavy (non-hydrogen) atoms. The lowest BCUT2D eigenvalue weighted by Crippen LogP contribution is -2.38. The summed E-state index contributed by atoms with van der Waals surface area (Å²) in [5.41, 5.74) is 2.59. The average molecular weight is 387 g/mol. The Labute approximate surface area is 162 Å². The zero-order chi connectivity index (χ0) is 18.8. The lowest BCUT2D eigenvalue weighted by Gasteiger charge is -2.25. The van der Waals surface area contributed by atoms with Gasteiger partial charge in [0.15, 0.2) is 6.10 Å². The van der Waals surface area contributed by atoms with E-state index >= 15 is 0 Å². The Balaban J connectivity index is 1.43. The SMILES string of the molecule is O=C(C1CC1)N(Cc1cccc(F)c1)C[C@@H]1CC(c2ccc(Cl)cc2)=NO1. The van der Waals surface area contributed by atoms with Crippen LogP contribution >= 0.6 is 11.6 Å². The van der Waals surface area contributed by atoms with Gasteiger partial charge in [0.05, 0.1) is 12.3 Å². The highest BCUT2D eigenvalue weighted by Gasteiger charge is 2.35. The third-order valence-electron chi connectivity index (χ3n) is 4.84. The molecule has 0 unspecified atom stereocenters. The first-order valence-electron chi connectivity index (χ1n) is 9.10. The van der Waals surface area contributed by atoms with Crippen molar-refractivity contribution < 1.29 is 14.0 Å². The van der Waals surface area contributed by atoms with Crippen LogP contribution in [0, 0.1) is 11.7 Å². The molecule has 4 rings (SSSR count). The molecule has 1 heterocycles. The van der Waals surface area contributed by atoms with Crippen molar-refractivity contribution in [3.63, 3.8) is 0 Å². The molecular formula is C21H20ClFN2O2. The second kappa shape index (κ2) is 7.69. The molecule has 1 fully saturated rings. The molecule has 0 spiro atoms. The molecule has 2 aromatic carbocycles. The van der Waals surface area contributed by atoms with Crippen LogP contribution in [0.25, 0.3) is 0 Å². The lowest BCUT2D eigenvalue weighted by molar-refractivity contribution is -0.135. The van der Waals surface area contributed by atoms with Gasteiger partial charge in [0, 0.05) is 23.9 Å². The Morgan fingerprint density at radius 3 is 2.70 bits per heavy atom. The highest BCUT2D eigenvalue weighted by atomic mass is 35.5. The number of carbonyl (C=O) groups excluding carboxylic acids is 1. The number of halogens is 2. The fourth-order valence-corrected chi connectivity index (χ4v) is 3.39. The van der Waals surface area contributed by atoms with Crippen LogP contribution in [0.15, 0.2) is 53.7 Å². The summed E-state index contributed by atoms with van der Waals surface area (Å²) in [5, 5.41) is 4.86. The minimum atomic E-state index is -0.295. The predicted molar refractivity (Wildman–Crippen MR) is 102 cm³/mol. The number of hydrogen-bond acceptors (Lipinski definition) is 3. The van der Waals surface area contributed by atoms with Gasteiger partial charge in [-0.25, -0.2) is 4.39 Å². The molecule has 1 aliphatic heterocycles. The van der Waals surface area contributed by atoms with E-state index in [4.69, 9.17) is 16.4 Å². The third-order valence-corrected chi connectivity index (χ3v) is 5.09. The molecule has 0 saturated heterocycles. The van der Waals surface area contributed by atoms with Gasteiger partial charge in [0.2, 0.25) is 5.91 Å². The van der Waals surface area contributed by atoms with Crippen molar-refractivity contribution in [2.75, 3.05) is 6.54 Å². The van der Waals surface area contributed by atoms with Crippen molar-refractivity contribution >= 4 is 23.2 Å². The van der Waals surface area contributed by atoms with Gasteiger partial charge >= 0.3 is 0 Å². The zero-order valence-electron chi connectivity index (χ0n) is 14.8. The maximum absolute atomic E-state index is 13.5. The third kappa shape index (κ3) is 4.48. The Kier molecular flexibility index (Phi) is 5.12. The van der Waals surface area contributed by atoms with Crippen LogP contribution in [0.2, 0.25) is 5.02 Å². The number of carbonyl (C=O) groups is 1. The highest BCUT2D eigenvalue weighted by molar-refractivity contribution is 6.30. The minimum Gasteiger partial charge on any atom is -0.390 e. The maximum Gasteiger partial charge on any atom is 0.226 e. The van der Waals surface area contributed by atoms with Gasteiger partial charge in [-0.3, -0.25) is 4.79 Å². The van der Waals surface area contributed by atoms with E-state index in [-0.39, 0.29) is 23.7 Å². The number of rotatable bonds is 6. The van der Waals surface area contributed by atoms with Crippen molar-refractivity contribution in [3.8, 4) is 0 Å². The van der Waals surface area contributed by atoms with Crippen LogP contribution in [-0.2, 0) is 16.2 Å². The molecule has 0 bridgehead atoms. The highest BCUT2D eigenvalue weighted by Crippen LogP contribution is 2.32. The molecule has 2 aliphatic rings. The smallest absolute Gasteiger partial charge is 0.226 e. The van der Waals surface area contributed by atoms with Crippen molar-refractivity contribution in [2.24, 2.45) is 11.1 Å². The van der Waals surface area contributed by atoms with E-state index in [1.54, 1.807) is 11.0 Å². The largest absolute Gasteiger partial charge is 0.390 e. The second-order valence-electron chi connectivity index (χ2n) is 7.10. The number of benzene rings is 2. The molecule has 0 radical (unpaired) electrons. The van der Waals surface area contributed by atoms with Crippen molar-refractivity contribution in [1.82, 2.24) is 4.90 Å². The number of oxime groups is 1. The van der Waals surface area contributed by atoms with Crippen LogP contribution in [-0.4, -0.2) is 29.2 Å². The first-order chi connectivity index (χ1) is 13.1. The lowest BCUT2D eigenvalue weighted by atomic mass is 10.0. The summed E-state index contributed by atoms with van der Waals surface area (Å²) >= 11 is 5.93. The van der Waals surface area contributed by atoms with Gasteiger partial charge < -0.3 is 9.74 Å². The van der Waals surface area contributed by atoms with Gasteiger partial charge in [0.1, 0.15) is 5.82 Å². The molecule has 1 atom stereocenters. The van der Waals surface area contributed by atoms with Gasteiger partial charge in [-0.1, -0.05) is 41.0 Å². The Hall–Kier alpha value is -2.40. The van der Waals surface area contributed by atoms with Gasteiger partial charge in [-0.2, -0.15) is 0 Å². The summed E-state index contributed by atoms with van der Waals surface area (Å²) in [4.78, 5) is 20.1. The van der Waals surface area contributed by atoms with E-state index in [0.717, 1.165) is 29.7 Å². The fraction of sp³-hybridized carbons (Fsp3) is 0.333. The molecule has 2 aromatic rings. The summed E-state index contributed by atoms with van der Waals surface area (Å²) in [6, 6.07) is 13.8. The minimum absolute atomic E-state index is 0.0941. The standard InChI is InChI=1S/C21H20ClFN2O2/c22-17-8-6-15(7-9-17)20-11-19(27-24-20)13-25(21(26)16-4-5-16)12-14-2-1-3-18(23)10-14/h1-3,6-10,16,19H,4-5,11-13H2/t19-/m0/s1. The molecule has 4 nitrogen and oxygen atoms in total. The normalized spacial score (nSPS) is 18.7. The monoisotopic (exact) mass is 386 g/mol. The van der Waals surface area contributed by atoms with Gasteiger partial charge in [-0.15, -0.1) is 0 Å². The van der Waals surface area contributed by atoms with Crippen LogP contribution in [0.3, 0.4) is 0 Å². The Bertz CT molecular complexity index is 865.